The molecule has 1 aliphatic heterocycles. The first-order chi connectivity index (χ1) is 9.60. The van der Waals surface area contributed by atoms with Gasteiger partial charge in [0.15, 0.2) is 0 Å². The molecule has 110 valence electrons. The van der Waals surface area contributed by atoms with E-state index in [4.69, 9.17) is 10.5 Å². The highest BCUT2D eigenvalue weighted by Crippen LogP contribution is 2.19. The van der Waals surface area contributed by atoms with Crippen molar-refractivity contribution in [3.8, 4) is 0 Å². The molecule has 20 heavy (non-hydrogen) atoms. The van der Waals surface area contributed by atoms with E-state index in [0.717, 1.165) is 38.2 Å². The van der Waals surface area contributed by atoms with Crippen molar-refractivity contribution in [1.82, 2.24) is 10.3 Å². The number of nitrogens with two attached hydrogens (primary N) is 1. The summed E-state index contributed by atoms with van der Waals surface area (Å²) >= 11 is 0. The number of hydrogen-bond acceptors (Lipinski definition) is 4. The number of aromatic nitrogens is 1. The Labute approximate surface area is 119 Å². The third kappa shape index (κ3) is 3.70. The van der Waals surface area contributed by atoms with Crippen LogP contribution in [0.25, 0.3) is 0 Å². The van der Waals surface area contributed by atoms with Gasteiger partial charge in [-0.05, 0) is 44.2 Å². The second kappa shape index (κ2) is 6.70. The number of amides is 1. The average Bonchev–Trinajstić information content (AvgIpc) is 2.47. The van der Waals surface area contributed by atoms with E-state index in [2.05, 4.69) is 17.2 Å². The van der Waals surface area contributed by atoms with E-state index in [0.29, 0.717) is 17.3 Å². The van der Waals surface area contributed by atoms with Crippen LogP contribution in [0.3, 0.4) is 0 Å². The van der Waals surface area contributed by atoms with E-state index in [-0.39, 0.29) is 11.9 Å². The number of ether oxygens (including phenoxy) is 1. The van der Waals surface area contributed by atoms with Gasteiger partial charge in [0.05, 0.1) is 0 Å². The van der Waals surface area contributed by atoms with Gasteiger partial charge in [0, 0.05) is 30.5 Å². The van der Waals surface area contributed by atoms with Gasteiger partial charge in [0.25, 0.3) is 5.91 Å². The lowest BCUT2D eigenvalue weighted by Crippen LogP contribution is -2.40. The van der Waals surface area contributed by atoms with Crippen LogP contribution >= 0.6 is 0 Å². The van der Waals surface area contributed by atoms with E-state index in [1.807, 2.05) is 13.0 Å². The number of carbonyl (C=O) groups excluding carboxylic acids is 1. The Morgan fingerprint density at radius 3 is 2.85 bits per heavy atom. The number of pyridine rings is 1. The first-order valence-corrected chi connectivity index (χ1v) is 7.25. The molecule has 1 aromatic rings. The van der Waals surface area contributed by atoms with Crippen molar-refractivity contribution in [2.45, 2.75) is 39.2 Å². The number of nitrogen functional groups attached to an aromatic ring is 1. The quantitative estimate of drug-likeness (QED) is 0.879. The Morgan fingerprint density at radius 2 is 2.20 bits per heavy atom. The van der Waals surface area contributed by atoms with Crippen LogP contribution < -0.4 is 11.1 Å². The van der Waals surface area contributed by atoms with Crippen LogP contribution in [0.15, 0.2) is 12.1 Å². The number of hydrogen-bond donors (Lipinski definition) is 2. The summed E-state index contributed by atoms with van der Waals surface area (Å²) in [6, 6.07) is 3.58. The predicted molar refractivity (Wildman–Crippen MR) is 78.5 cm³/mol. The zero-order chi connectivity index (χ0) is 14.5. The van der Waals surface area contributed by atoms with Gasteiger partial charge in [-0.1, -0.05) is 6.92 Å². The monoisotopic (exact) mass is 277 g/mol. The van der Waals surface area contributed by atoms with Gasteiger partial charge in [-0.25, -0.2) is 4.98 Å². The van der Waals surface area contributed by atoms with Gasteiger partial charge >= 0.3 is 0 Å². The number of aryl methyl sites for hydroxylation is 1. The molecule has 0 bridgehead atoms. The maximum absolute atomic E-state index is 12.3. The van der Waals surface area contributed by atoms with Crippen LogP contribution in [0.1, 0.15) is 42.7 Å². The first kappa shape index (κ1) is 14.8. The summed E-state index contributed by atoms with van der Waals surface area (Å²) in [5, 5.41) is 3.07. The zero-order valence-corrected chi connectivity index (χ0v) is 12.2. The molecule has 1 unspecified atom stereocenters. The second-order valence-corrected chi connectivity index (χ2v) is 5.34. The normalized spacial score (nSPS) is 17.7. The van der Waals surface area contributed by atoms with Crippen molar-refractivity contribution in [2.75, 3.05) is 18.9 Å². The summed E-state index contributed by atoms with van der Waals surface area (Å²) in [6.45, 7) is 5.62. The summed E-state index contributed by atoms with van der Waals surface area (Å²) < 4.78 is 5.35. The largest absolute Gasteiger partial charge is 0.384 e. The number of rotatable bonds is 4. The maximum Gasteiger partial charge on any atom is 0.251 e. The number of anilines is 1. The molecular weight excluding hydrogens is 254 g/mol. The van der Waals surface area contributed by atoms with Crippen molar-refractivity contribution in [1.29, 1.82) is 0 Å². The van der Waals surface area contributed by atoms with Crippen molar-refractivity contribution < 1.29 is 9.53 Å². The minimum absolute atomic E-state index is 0.0761. The fourth-order valence-electron chi connectivity index (χ4n) is 2.55. The summed E-state index contributed by atoms with van der Waals surface area (Å²) in [5.74, 6) is 0.804. The van der Waals surface area contributed by atoms with Gasteiger partial charge in [-0.2, -0.15) is 0 Å². The number of carbonyl (C=O) groups is 1. The summed E-state index contributed by atoms with van der Waals surface area (Å²) in [6.07, 6.45) is 2.76. The van der Waals surface area contributed by atoms with Crippen LogP contribution in [-0.4, -0.2) is 30.1 Å². The Morgan fingerprint density at radius 1 is 1.50 bits per heavy atom. The number of nitrogens with zero attached hydrogens (tertiary/aromatic N) is 1. The van der Waals surface area contributed by atoms with Crippen LogP contribution in [0.2, 0.25) is 0 Å². The van der Waals surface area contributed by atoms with Crippen LogP contribution in [0.5, 0.6) is 0 Å². The first-order valence-electron chi connectivity index (χ1n) is 7.25. The summed E-state index contributed by atoms with van der Waals surface area (Å²) in [5.41, 5.74) is 7.17. The molecule has 2 heterocycles. The van der Waals surface area contributed by atoms with Crippen molar-refractivity contribution >= 4 is 11.7 Å². The highest BCUT2D eigenvalue weighted by Gasteiger charge is 2.22. The molecule has 1 aromatic heterocycles. The lowest BCUT2D eigenvalue weighted by atomic mass is 9.93. The molecule has 1 atom stereocenters. The molecule has 1 aliphatic rings. The molecule has 1 fully saturated rings. The van der Waals surface area contributed by atoms with Gasteiger partial charge in [-0.15, -0.1) is 0 Å². The topological polar surface area (TPSA) is 77.2 Å². The molecule has 0 aliphatic carbocycles. The molecule has 1 saturated heterocycles. The molecule has 2 rings (SSSR count). The fraction of sp³-hybridized carbons (Fsp3) is 0.600. The number of nitrogens with one attached hydrogen (secondary N) is 1. The molecule has 0 spiro atoms. The highest BCUT2D eigenvalue weighted by atomic mass is 16.5. The van der Waals surface area contributed by atoms with Crippen LogP contribution in [0.4, 0.5) is 5.82 Å². The van der Waals surface area contributed by atoms with E-state index >= 15 is 0 Å². The minimum atomic E-state index is -0.0761. The van der Waals surface area contributed by atoms with Crippen molar-refractivity contribution in [3.63, 3.8) is 0 Å². The Kier molecular flexibility index (Phi) is 4.95. The van der Waals surface area contributed by atoms with E-state index in [1.165, 1.54) is 0 Å². The lowest BCUT2D eigenvalue weighted by Gasteiger charge is -2.28. The van der Waals surface area contributed by atoms with Crippen molar-refractivity contribution in [2.24, 2.45) is 5.92 Å². The molecule has 0 radical (unpaired) electrons. The third-order valence-corrected chi connectivity index (χ3v) is 3.85. The van der Waals surface area contributed by atoms with Gasteiger partial charge < -0.3 is 15.8 Å². The maximum atomic E-state index is 12.3. The molecule has 3 N–H and O–H groups in total. The SMILES string of the molecule is CCc1cc(C(=O)NC(C)C2CCOCC2)cc(N)n1. The van der Waals surface area contributed by atoms with Gasteiger partial charge in [0.1, 0.15) is 5.82 Å². The summed E-state index contributed by atoms with van der Waals surface area (Å²) in [7, 11) is 0. The molecule has 1 amide bonds. The predicted octanol–water partition coefficient (Wildman–Crippen LogP) is 1.77. The Hall–Kier alpha value is -1.62. The lowest BCUT2D eigenvalue weighted by molar-refractivity contribution is 0.0538. The molecule has 5 heteroatoms. The third-order valence-electron chi connectivity index (χ3n) is 3.85. The molecular formula is C15H23N3O2. The average molecular weight is 277 g/mol. The van der Waals surface area contributed by atoms with Crippen molar-refractivity contribution in [3.05, 3.63) is 23.4 Å². The van der Waals surface area contributed by atoms with Gasteiger partial charge in [-0.3, -0.25) is 4.79 Å². The smallest absolute Gasteiger partial charge is 0.251 e. The molecule has 5 nitrogen and oxygen atoms in total. The standard InChI is InChI=1S/C15H23N3O2/c1-3-13-8-12(9-14(16)18-13)15(19)17-10(2)11-4-6-20-7-5-11/h8-11H,3-7H2,1-2H3,(H2,16,18)(H,17,19). The van der Waals surface area contributed by atoms with Crippen LogP contribution in [0, 0.1) is 5.92 Å². The molecule has 0 saturated carbocycles. The fourth-order valence-corrected chi connectivity index (χ4v) is 2.55. The van der Waals surface area contributed by atoms with E-state index in [1.54, 1.807) is 6.07 Å². The Bertz CT molecular complexity index is 470. The highest BCUT2D eigenvalue weighted by molar-refractivity contribution is 5.95. The van der Waals surface area contributed by atoms with E-state index in [9.17, 15) is 4.79 Å². The van der Waals surface area contributed by atoms with E-state index < -0.39 is 0 Å². The second-order valence-electron chi connectivity index (χ2n) is 5.34. The summed E-state index contributed by atoms with van der Waals surface area (Å²) in [4.78, 5) is 16.5. The minimum Gasteiger partial charge on any atom is -0.384 e. The zero-order valence-electron chi connectivity index (χ0n) is 12.2. The Balaban J connectivity index is 2.01. The van der Waals surface area contributed by atoms with Gasteiger partial charge in [0.2, 0.25) is 0 Å². The van der Waals surface area contributed by atoms with Crippen LogP contribution in [-0.2, 0) is 11.2 Å². The molecule has 0 aromatic carbocycles.